The topological polar surface area (TPSA) is 110 Å². The number of carbonyl (C=O) groups is 3. The monoisotopic (exact) mass is 450 g/mol. The summed E-state index contributed by atoms with van der Waals surface area (Å²) in [4.78, 5) is 44.0. The number of ketones is 1. The number of aliphatic hydroxyl groups is 1. The number of Topliss-reactive ketones (excluding diaryl/α,β-unsaturated/α-hetero) is 1. The van der Waals surface area contributed by atoms with E-state index < -0.39 is 23.7 Å². The molecule has 0 aliphatic carbocycles. The second-order valence-corrected chi connectivity index (χ2v) is 7.83. The average molecular weight is 450 g/mol. The van der Waals surface area contributed by atoms with E-state index in [0.717, 1.165) is 16.2 Å². The van der Waals surface area contributed by atoms with Crippen LogP contribution in [-0.2, 0) is 14.3 Å². The van der Waals surface area contributed by atoms with Gasteiger partial charge in [-0.1, -0.05) is 54.3 Å². The second kappa shape index (κ2) is 8.64. The molecule has 4 rings (SSSR count). The van der Waals surface area contributed by atoms with Crippen LogP contribution in [0.1, 0.15) is 32.7 Å². The molecule has 1 unspecified atom stereocenters. The number of aryl methyl sites for hydroxylation is 1. The molecule has 0 spiro atoms. The number of hydrogen-bond donors (Lipinski definition) is 1. The normalized spacial score (nSPS) is 17.5. The first-order valence-electron chi connectivity index (χ1n) is 9.59. The Balaban J connectivity index is 1.84. The number of aliphatic hydroxyl groups excluding tert-OH is 1. The second-order valence-electron chi connectivity index (χ2n) is 6.85. The summed E-state index contributed by atoms with van der Waals surface area (Å²) in [5.41, 5.74) is 0.605. The molecular weight excluding hydrogens is 432 g/mol. The van der Waals surface area contributed by atoms with Crippen LogP contribution in [-0.4, -0.2) is 34.4 Å². The fourth-order valence-electron chi connectivity index (χ4n) is 3.37. The molecule has 1 atom stereocenters. The van der Waals surface area contributed by atoms with Crippen molar-refractivity contribution in [2.75, 3.05) is 11.5 Å². The standard InChI is InChI=1S/C23H18N2O6S/c1-3-11-31-22(29)20-13(2)24-23(32-20)25-17(15-10-7-12-30-15)16(19(27)21(25)28)18(26)14-8-5-4-6-9-14/h3-10,12,17,26H,1,11H2,2H3/b18-16+. The number of aromatic nitrogens is 1. The number of amides is 1. The molecule has 1 amide bonds. The summed E-state index contributed by atoms with van der Waals surface area (Å²) in [6, 6.07) is 10.6. The van der Waals surface area contributed by atoms with Crippen molar-refractivity contribution in [1.82, 2.24) is 4.98 Å². The van der Waals surface area contributed by atoms with Crippen molar-refractivity contribution in [2.45, 2.75) is 13.0 Å². The van der Waals surface area contributed by atoms with Crippen molar-refractivity contribution in [3.05, 3.63) is 88.9 Å². The summed E-state index contributed by atoms with van der Waals surface area (Å²) in [6.45, 7) is 5.14. The molecule has 0 saturated carbocycles. The maximum Gasteiger partial charge on any atom is 0.350 e. The number of carbonyl (C=O) groups excluding carboxylic acids is 3. The Morgan fingerprint density at radius 2 is 2.03 bits per heavy atom. The summed E-state index contributed by atoms with van der Waals surface area (Å²) < 4.78 is 10.6. The third-order valence-electron chi connectivity index (χ3n) is 4.81. The summed E-state index contributed by atoms with van der Waals surface area (Å²) >= 11 is 0.919. The molecule has 0 bridgehead atoms. The van der Waals surface area contributed by atoms with Crippen molar-refractivity contribution in [1.29, 1.82) is 0 Å². The molecule has 1 fully saturated rings. The summed E-state index contributed by atoms with van der Waals surface area (Å²) in [6.07, 6.45) is 2.84. The van der Waals surface area contributed by atoms with Gasteiger partial charge in [-0.3, -0.25) is 14.5 Å². The first-order valence-corrected chi connectivity index (χ1v) is 10.4. The largest absolute Gasteiger partial charge is 0.507 e. The minimum atomic E-state index is -1.05. The van der Waals surface area contributed by atoms with Gasteiger partial charge in [0.2, 0.25) is 0 Å². The van der Waals surface area contributed by atoms with Crippen LogP contribution in [0.15, 0.2) is 71.4 Å². The molecule has 1 aliphatic rings. The summed E-state index contributed by atoms with van der Waals surface area (Å²) in [7, 11) is 0. The molecule has 8 nitrogen and oxygen atoms in total. The van der Waals surface area contributed by atoms with Gasteiger partial charge in [-0.25, -0.2) is 9.78 Å². The van der Waals surface area contributed by atoms with E-state index in [1.54, 1.807) is 49.4 Å². The highest BCUT2D eigenvalue weighted by molar-refractivity contribution is 7.17. The smallest absolute Gasteiger partial charge is 0.350 e. The fraction of sp³-hybridized carbons (Fsp3) is 0.130. The van der Waals surface area contributed by atoms with Gasteiger partial charge in [-0.15, -0.1) is 0 Å². The molecule has 3 heterocycles. The third kappa shape index (κ3) is 3.63. The number of hydrogen-bond acceptors (Lipinski definition) is 8. The van der Waals surface area contributed by atoms with Gasteiger partial charge in [0.15, 0.2) is 5.13 Å². The molecule has 1 saturated heterocycles. The predicted molar refractivity (Wildman–Crippen MR) is 117 cm³/mol. The van der Waals surface area contributed by atoms with Gasteiger partial charge in [0.25, 0.3) is 5.78 Å². The Bertz CT molecular complexity index is 1230. The molecule has 3 aromatic rings. The van der Waals surface area contributed by atoms with E-state index in [2.05, 4.69) is 11.6 Å². The summed E-state index contributed by atoms with van der Waals surface area (Å²) in [5, 5.41) is 11.0. The lowest BCUT2D eigenvalue weighted by molar-refractivity contribution is -0.132. The number of furan rings is 1. The van der Waals surface area contributed by atoms with Gasteiger partial charge in [-0.2, -0.15) is 0 Å². The molecule has 2 aromatic heterocycles. The zero-order valence-corrected chi connectivity index (χ0v) is 17.8. The Labute approximate surface area is 187 Å². The Morgan fingerprint density at radius 3 is 2.69 bits per heavy atom. The molecule has 1 aliphatic heterocycles. The van der Waals surface area contributed by atoms with Gasteiger partial charge in [0.1, 0.15) is 29.0 Å². The molecule has 1 aromatic carbocycles. The van der Waals surface area contributed by atoms with Crippen LogP contribution in [0.5, 0.6) is 0 Å². The Morgan fingerprint density at radius 1 is 1.28 bits per heavy atom. The third-order valence-corrected chi connectivity index (χ3v) is 5.95. The predicted octanol–water partition coefficient (Wildman–Crippen LogP) is 4.01. The first-order chi connectivity index (χ1) is 15.4. The van der Waals surface area contributed by atoms with E-state index >= 15 is 0 Å². The molecule has 9 heteroatoms. The highest BCUT2D eigenvalue weighted by atomic mass is 32.1. The van der Waals surface area contributed by atoms with Crippen LogP contribution in [0, 0.1) is 6.92 Å². The SMILES string of the molecule is C=CCOC(=O)c1sc(N2C(=O)C(=O)/C(=C(/O)c3ccccc3)C2c2ccco2)nc1C. The molecule has 0 radical (unpaired) electrons. The van der Waals surface area contributed by atoms with E-state index in [1.165, 1.54) is 12.3 Å². The zero-order valence-electron chi connectivity index (χ0n) is 17.0. The van der Waals surface area contributed by atoms with Gasteiger partial charge < -0.3 is 14.3 Å². The number of esters is 1. The van der Waals surface area contributed by atoms with E-state index in [9.17, 15) is 19.5 Å². The van der Waals surface area contributed by atoms with E-state index in [1.807, 2.05) is 0 Å². The number of ether oxygens (including phenoxy) is 1. The van der Waals surface area contributed by atoms with Crippen molar-refractivity contribution < 1.29 is 28.6 Å². The summed E-state index contributed by atoms with van der Waals surface area (Å²) in [5.74, 6) is -2.43. The number of benzene rings is 1. The average Bonchev–Trinajstić information content (AvgIpc) is 3.51. The lowest BCUT2D eigenvalue weighted by Gasteiger charge is -2.20. The van der Waals surface area contributed by atoms with Gasteiger partial charge in [0, 0.05) is 5.56 Å². The van der Waals surface area contributed by atoms with E-state index in [4.69, 9.17) is 9.15 Å². The maximum absolute atomic E-state index is 13.0. The van der Waals surface area contributed by atoms with Gasteiger partial charge >= 0.3 is 11.9 Å². The minimum absolute atomic E-state index is 0.0273. The van der Waals surface area contributed by atoms with E-state index in [0.29, 0.717) is 11.3 Å². The quantitative estimate of drug-likeness (QED) is 0.199. The van der Waals surface area contributed by atoms with Crippen molar-refractivity contribution in [3.63, 3.8) is 0 Å². The van der Waals surface area contributed by atoms with Crippen LogP contribution in [0.3, 0.4) is 0 Å². The van der Waals surface area contributed by atoms with E-state index in [-0.39, 0.29) is 33.7 Å². The van der Waals surface area contributed by atoms with Crippen molar-refractivity contribution >= 4 is 39.9 Å². The molecule has 162 valence electrons. The lowest BCUT2D eigenvalue weighted by Crippen LogP contribution is -2.29. The van der Waals surface area contributed by atoms with Crippen LogP contribution < -0.4 is 4.90 Å². The number of thiazole rings is 1. The Hall–Kier alpha value is -3.98. The molecule has 1 N–H and O–H groups in total. The lowest BCUT2D eigenvalue weighted by atomic mass is 9.99. The number of rotatable bonds is 6. The maximum atomic E-state index is 13.0. The van der Waals surface area contributed by atoms with Crippen molar-refractivity contribution in [2.24, 2.45) is 0 Å². The number of anilines is 1. The number of nitrogens with zero attached hydrogens (tertiary/aromatic N) is 2. The van der Waals surface area contributed by atoms with Crippen LogP contribution in [0.4, 0.5) is 5.13 Å². The molecule has 32 heavy (non-hydrogen) atoms. The highest BCUT2D eigenvalue weighted by Gasteiger charge is 2.49. The first kappa shape index (κ1) is 21.3. The Kier molecular flexibility index (Phi) is 5.74. The van der Waals surface area contributed by atoms with Crippen LogP contribution >= 0.6 is 11.3 Å². The molecular formula is C23H18N2O6S. The van der Waals surface area contributed by atoms with Gasteiger partial charge in [0.05, 0.1) is 17.5 Å². The zero-order chi connectivity index (χ0) is 22.8. The fourth-order valence-corrected chi connectivity index (χ4v) is 4.36. The van der Waals surface area contributed by atoms with Crippen LogP contribution in [0.2, 0.25) is 0 Å². The van der Waals surface area contributed by atoms with Crippen molar-refractivity contribution in [3.8, 4) is 0 Å². The van der Waals surface area contributed by atoms with Crippen LogP contribution in [0.25, 0.3) is 5.76 Å². The highest BCUT2D eigenvalue weighted by Crippen LogP contribution is 2.44. The minimum Gasteiger partial charge on any atom is -0.507 e. The van der Waals surface area contributed by atoms with Gasteiger partial charge in [-0.05, 0) is 19.1 Å².